The molecule has 146 valence electrons. The Morgan fingerprint density at radius 3 is 2.78 bits per heavy atom. The van der Waals surface area contributed by atoms with E-state index < -0.39 is 5.97 Å². The van der Waals surface area contributed by atoms with E-state index in [2.05, 4.69) is 4.98 Å². The Hall–Kier alpha value is -2.74. The molecule has 0 saturated carbocycles. The first-order valence-electron chi connectivity index (χ1n) is 8.85. The fourth-order valence-electron chi connectivity index (χ4n) is 2.73. The Morgan fingerprint density at radius 2 is 2.07 bits per heavy atom. The van der Waals surface area contributed by atoms with Gasteiger partial charge in [-0.1, -0.05) is 12.1 Å². The van der Waals surface area contributed by atoms with Gasteiger partial charge in [-0.25, -0.2) is 4.98 Å². The Bertz CT molecular complexity index is 862. The average molecular weight is 375 g/mol. The zero-order chi connectivity index (χ0) is 19.8. The molecule has 0 unspecified atom stereocenters. The van der Waals surface area contributed by atoms with Crippen molar-refractivity contribution in [1.29, 1.82) is 0 Å². The number of amides is 1. The lowest BCUT2D eigenvalue weighted by Crippen LogP contribution is -2.39. The molecule has 0 aliphatic rings. The van der Waals surface area contributed by atoms with Gasteiger partial charge in [0, 0.05) is 26.6 Å². The lowest BCUT2D eigenvalue weighted by atomic mass is 10.1. The van der Waals surface area contributed by atoms with Gasteiger partial charge in [0.15, 0.2) is 0 Å². The minimum atomic E-state index is -0.470. The molecule has 0 spiro atoms. The molecular weight excluding hydrogens is 350 g/mol. The Kier molecular flexibility index (Phi) is 7.48. The number of carbonyl (C=O) groups is 2. The third kappa shape index (κ3) is 5.37. The maximum Gasteiger partial charge on any atom is 0.325 e. The summed E-state index contributed by atoms with van der Waals surface area (Å²) in [5, 5.41) is 0.521. The Morgan fingerprint density at radius 1 is 1.30 bits per heavy atom. The molecule has 0 fully saturated rings. The van der Waals surface area contributed by atoms with Crippen molar-refractivity contribution in [3.8, 4) is 0 Å². The zero-order valence-corrected chi connectivity index (χ0v) is 15.9. The quantitative estimate of drug-likeness (QED) is 0.611. The van der Waals surface area contributed by atoms with Crippen LogP contribution in [0.3, 0.4) is 0 Å². The fraction of sp³-hybridized carbons (Fsp3) is 0.474. The van der Waals surface area contributed by atoms with Crippen molar-refractivity contribution in [1.82, 2.24) is 14.5 Å². The van der Waals surface area contributed by atoms with Crippen LogP contribution in [0.5, 0.6) is 0 Å². The number of aryl methyl sites for hydroxylation is 2. The van der Waals surface area contributed by atoms with Crippen LogP contribution in [0.1, 0.15) is 18.9 Å². The van der Waals surface area contributed by atoms with E-state index in [0.717, 1.165) is 5.56 Å². The maximum absolute atomic E-state index is 12.6. The van der Waals surface area contributed by atoms with Crippen molar-refractivity contribution < 1.29 is 19.1 Å². The summed E-state index contributed by atoms with van der Waals surface area (Å²) in [6.45, 7) is 4.48. The van der Waals surface area contributed by atoms with Crippen LogP contribution in [0, 0.1) is 6.92 Å². The number of hydrogen-bond acceptors (Lipinski definition) is 6. The molecule has 2 rings (SSSR count). The molecule has 27 heavy (non-hydrogen) atoms. The number of para-hydroxylation sites is 1. The molecule has 1 aromatic heterocycles. The number of nitrogens with zero attached hydrogens (tertiary/aromatic N) is 3. The van der Waals surface area contributed by atoms with Crippen molar-refractivity contribution in [2.24, 2.45) is 0 Å². The lowest BCUT2D eigenvalue weighted by Gasteiger charge is -2.21. The standard InChI is InChI=1S/C19H25N3O5/c1-4-27-17(24)12-21(10-11-26-3)16(23)8-9-22-13-20-18-14(2)6-5-7-15(18)19(22)25/h5-7,13H,4,8-12H2,1-3H3. The van der Waals surface area contributed by atoms with Gasteiger partial charge in [-0.3, -0.25) is 19.0 Å². The van der Waals surface area contributed by atoms with Gasteiger partial charge < -0.3 is 14.4 Å². The number of fused-ring (bicyclic) bond motifs is 1. The number of carbonyl (C=O) groups excluding carboxylic acids is 2. The molecule has 8 heteroatoms. The normalized spacial score (nSPS) is 10.8. The number of rotatable bonds is 9. The van der Waals surface area contributed by atoms with E-state index in [4.69, 9.17) is 9.47 Å². The van der Waals surface area contributed by atoms with Crippen LogP contribution in [-0.4, -0.2) is 59.7 Å². The van der Waals surface area contributed by atoms with Crippen LogP contribution in [0.2, 0.25) is 0 Å². The molecule has 0 bridgehead atoms. The van der Waals surface area contributed by atoms with Crippen molar-refractivity contribution in [2.45, 2.75) is 26.8 Å². The largest absolute Gasteiger partial charge is 0.465 e. The van der Waals surface area contributed by atoms with E-state index in [-0.39, 0.29) is 44.1 Å². The number of ether oxygens (including phenoxy) is 2. The summed E-state index contributed by atoms with van der Waals surface area (Å²) in [6.07, 6.45) is 1.53. The first kappa shape index (κ1) is 20.6. The molecule has 1 amide bonds. The highest BCUT2D eigenvalue weighted by molar-refractivity contribution is 5.82. The molecule has 0 atom stereocenters. The van der Waals surface area contributed by atoms with Crippen molar-refractivity contribution in [2.75, 3.05) is 33.4 Å². The molecule has 8 nitrogen and oxygen atoms in total. The van der Waals surface area contributed by atoms with E-state index >= 15 is 0 Å². The fourth-order valence-corrected chi connectivity index (χ4v) is 2.73. The van der Waals surface area contributed by atoms with Crippen LogP contribution in [-0.2, 0) is 25.6 Å². The monoisotopic (exact) mass is 375 g/mol. The molecule has 2 aromatic rings. The van der Waals surface area contributed by atoms with Crippen molar-refractivity contribution in [3.05, 3.63) is 40.4 Å². The topological polar surface area (TPSA) is 90.7 Å². The third-order valence-electron chi connectivity index (χ3n) is 4.17. The zero-order valence-electron chi connectivity index (χ0n) is 15.9. The Balaban J connectivity index is 2.09. The molecule has 1 aromatic carbocycles. The van der Waals surface area contributed by atoms with Crippen molar-refractivity contribution in [3.63, 3.8) is 0 Å². The molecular formula is C19H25N3O5. The predicted octanol–water partition coefficient (Wildman–Crippen LogP) is 1.13. The van der Waals surface area contributed by atoms with Gasteiger partial charge in [0.05, 0.1) is 30.4 Å². The van der Waals surface area contributed by atoms with Gasteiger partial charge in [-0.2, -0.15) is 0 Å². The highest BCUT2D eigenvalue weighted by Crippen LogP contribution is 2.11. The van der Waals surface area contributed by atoms with Gasteiger partial charge in [0.2, 0.25) is 5.91 Å². The van der Waals surface area contributed by atoms with E-state index in [1.54, 1.807) is 13.0 Å². The van der Waals surface area contributed by atoms with Crippen LogP contribution < -0.4 is 5.56 Å². The second-order valence-electron chi connectivity index (χ2n) is 6.08. The molecule has 0 radical (unpaired) electrons. The molecule has 0 aliphatic heterocycles. The number of esters is 1. The third-order valence-corrected chi connectivity index (χ3v) is 4.17. The number of hydrogen-bond donors (Lipinski definition) is 0. The van der Waals surface area contributed by atoms with E-state index in [0.29, 0.717) is 17.5 Å². The lowest BCUT2D eigenvalue weighted by molar-refractivity contribution is -0.149. The minimum absolute atomic E-state index is 0.0715. The SMILES string of the molecule is CCOC(=O)CN(CCOC)C(=O)CCn1cnc2c(C)cccc2c1=O. The van der Waals surface area contributed by atoms with Gasteiger partial charge in [0.1, 0.15) is 6.54 Å². The molecule has 0 saturated heterocycles. The molecule has 0 N–H and O–H groups in total. The smallest absolute Gasteiger partial charge is 0.325 e. The van der Waals surface area contributed by atoms with Crippen LogP contribution in [0.15, 0.2) is 29.3 Å². The highest BCUT2D eigenvalue weighted by Gasteiger charge is 2.18. The van der Waals surface area contributed by atoms with Gasteiger partial charge in [0.25, 0.3) is 5.56 Å². The molecule has 1 heterocycles. The molecule has 0 aliphatic carbocycles. The first-order chi connectivity index (χ1) is 13.0. The Labute approximate surface area is 157 Å². The summed E-state index contributed by atoms with van der Waals surface area (Å²) in [5.41, 5.74) is 1.40. The number of aromatic nitrogens is 2. The second-order valence-corrected chi connectivity index (χ2v) is 6.08. The summed E-state index contributed by atoms with van der Waals surface area (Å²) in [5.74, 6) is -0.724. The highest BCUT2D eigenvalue weighted by atomic mass is 16.5. The summed E-state index contributed by atoms with van der Waals surface area (Å²) in [7, 11) is 1.52. The first-order valence-corrected chi connectivity index (χ1v) is 8.85. The van der Waals surface area contributed by atoms with E-state index in [1.165, 1.54) is 22.9 Å². The van der Waals surface area contributed by atoms with Gasteiger partial charge in [-0.15, -0.1) is 0 Å². The minimum Gasteiger partial charge on any atom is -0.465 e. The average Bonchev–Trinajstić information content (AvgIpc) is 2.65. The van der Waals surface area contributed by atoms with E-state index in [9.17, 15) is 14.4 Å². The maximum atomic E-state index is 12.6. The van der Waals surface area contributed by atoms with E-state index in [1.807, 2.05) is 19.1 Å². The number of methoxy groups -OCH3 is 1. The summed E-state index contributed by atoms with van der Waals surface area (Å²) >= 11 is 0. The van der Waals surface area contributed by atoms with Gasteiger partial charge in [-0.05, 0) is 25.5 Å². The summed E-state index contributed by atoms with van der Waals surface area (Å²) in [6, 6.07) is 5.43. The van der Waals surface area contributed by atoms with Crippen LogP contribution in [0.25, 0.3) is 10.9 Å². The summed E-state index contributed by atoms with van der Waals surface area (Å²) in [4.78, 5) is 42.5. The number of benzene rings is 1. The van der Waals surface area contributed by atoms with Gasteiger partial charge >= 0.3 is 5.97 Å². The second kappa shape index (κ2) is 9.82. The van der Waals surface area contributed by atoms with Crippen molar-refractivity contribution >= 4 is 22.8 Å². The summed E-state index contributed by atoms with van der Waals surface area (Å²) < 4.78 is 11.3. The van der Waals surface area contributed by atoms with Crippen LogP contribution >= 0.6 is 0 Å². The van der Waals surface area contributed by atoms with Crippen LogP contribution in [0.4, 0.5) is 0 Å². The predicted molar refractivity (Wildman–Crippen MR) is 100 cm³/mol.